The first kappa shape index (κ1) is 18.6. The van der Waals surface area contributed by atoms with Crippen molar-refractivity contribution in [2.45, 2.75) is 6.17 Å². The highest BCUT2D eigenvalue weighted by Crippen LogP contribution is 2.25. The van der Waals surface area contributed by atoms with E-state index in [0.717, 1.165) is 11.1 Å². The Morgan fingerprint density at radius 3 is 2.61 bits per heavy atom. The van der Waals surface area contributed by atoms with Gasteiger partial charge in [0.25, 0.3) is 5.91 Å². The number of rotatable bonds is 4. The number of benzene rings is 2. The molecule has 1 amide bonds. The minimum Gasteiger partial charge on any atom is -0.403 e. The Balaban J connectivity index is 1.50. The fourth-order valence-electron chi connectivity index (χ4n) is 3.23. The van der Waals surface area contributed by atoms with Crippen LogP contribution in [0, 0.1) is 5.95 Å². The number of fused-ring (bicyclic) bond motifs is 1. The number of nitrogens with one attached hydrogen (secondary N) is 2. The summed E-state index contributed by atoms with van der Waals surface area (Å²) in [7, 11) is 0. The molecule has 0 radical (unpaired) electrons. The third kappa shape index (κ3) is 3.76. The number of hydrogen-bond donors (Lipinski definition) is 2. The molecule has 1 atom stereocenters. The summed E-state index contributed by atoms with van der Waals surface area (Å²) in [6.45, 7) is 0. The second-order valence-electron chi connectivity index (χ2n) is 6.71. The maximum Gasteiger partial charge on any atom is 0.317 e. The van der Waals surface area contributed by atoms with Crippen LogP contribution in [-0.2, 0) is 4.79 Å². The molecule has 3 heterocycles. The first-order chi connectivity index (χ1) is 15.2. The van der Waals surface area contributed by atoms with Gasteiger partial charge in [-0.15, -0.1) is 5.10 Å². The average Bonchev–Trinajstić information content (AvgIpc) is 3.21. The predicted molar refractivity (Wildman–Crippen MR) is 112 cm³/mol. The first-order valence-electron chi connectivity index (χ1n) is 9.43. The van der Waals surface area contributed by atoms with E-state index in [1.165, 1.54) is 12.3 Å². The number of halogens is 1. The number of carbonyl (C=O) groups is 1. The standard InChI is InChI=1S/C22H15FN6O2/c23-17-12-14(10-11-24-17)21-28-29-22(31-21)27-19-20(30)25-16-9-5-4-8-15(16)18(26-19)13-6-2-1-3-7-13/h1-12,19H,(H,25,30)(H,27,29). The van der Waals surface area contributed by atoms with Gasteiger partial charge >= 0.3 is 6.01 Å². The van der Waals surface area contributed by atoms with Crippen LogP contribution < -0.4 is 10.6 Å². The summed E-state index contributed by atoms with van der Waals surface area (Å²) in [4.78, 5) is 21.0. The summed E-state index contributed by atoms with van der Waals surface area (Å²) in [5, 5.41) is 13.5. The topological polar surface area (TPSA) is 105 Å². The van der Waals surface area contributed by atoms with Crippen molar-refractivity contribution in [2.75, 3.05) is 10.6 Å². The number of aromatic nitrogens is 3. The Bertz CT molecular complexity index is 1290. The van der Waals surface area contributed by atoms with E-state index in [4.69, 9.17) is 4.42 Å². The second-order valence-corrected chi connectivity index (χ2v) is 6.71. The first-order valence-corrected chi connectivity index (χ1v) is 9.43. The lowest BCUT2D eigenvalue weighted by atomic mass is 10.0. The van der Waals surface area contributed by atoms with Gasteiger partial charge in [-0.2, -0.15) is 4.39 Å². The molecule has 1 unspecified atom stereocenters. The van der Waals surface area contributed by atoms with Gasteiger partial charge in [0.1, 0.15) is 0 Å². The quantitative estimate of drug-likeness (QED) is 0.495. The van der Waals surface area contributed by atoms with E-state index in [1.807, 2.05) is 54.6 Å². The highest BCUT2D eigenvalue weighted by Gasteiger charge is 2.27. The van der Waals surface area contributed by atoms with Crippen molar-refractivity contribution in [1.82, 2.24) is 15.2 Å². The van der Waals surface area contributed by atoms with Crippen molar-refractivity contribution in [3.05, 3.63) is 90.0 Å². The maximum atomic E-state index is 13.4. The van der Waals surface area contributed by atoms with Gasteiger partial charge in [-0.1, -0.05) is 53.6 Å². The molecule has 0 aliphatic carbocycles. The average molecular weight is 414 g/mol. The number of carbonyl (C=O) groups excluding carboxylic acids is 1. The van der Waals surface area contributed by atoms with Crippen LogP contribution in [0.4, 0.5) is 16.1 Å². The number of para-hydroxylation sites is 1. The molecule has 9 heteroatoms. The normalized spacial score (nSPS) is 15.5. The van der Waals surface area contributed by atoms with E-state index in [0.29, 0.717) is 17.0 Å². The summed E-state index contributed by atoms with van der Waals surface area (Å²) >= 11 is 0. The lowest BCUT2D eigenvalue weighted by Crippen LogP contribution is -2.32. The van der Waals surface area contributed by atoms with Crippen LogP contribution in [0.15, 0.2) is 82.3 Å². The van der Waals surface area contributed by atoms with E-state index >= 15 is 0 Å². The van der Waals surface area contributed by atoms with E-state index < -0.39 is 12.1 Å². The fourth-order valence-corrected chi connectivity index (χ4v) is 3.23. The van der Waals surface area contributed by atoms with Crippen molar-refractivity contribution in [3.8, 4) is 11.5 Å². The second kappa shape index (κ2) is 7.79. The summed E-state index contributed by atoms with van der Waals surface area (Å²) in [6.07, 6.45) is 0.277. The molecule has 5 rings (SSSR count). The summed E-state index contributed by atoms with van der Waals surface area (Å²) < 4.78 is 18.9. The summed E-state index contributed by atoms with van der Waals surface area (Å²) in [5.74, 6) is -0.954. The van der Waals surface area contributed by atoms with Crippen molar-refractivity contribution in [2.24, 2.45) is 4.99 Å². The van der Waals surface area contributed by atoms with E-state index in [2.05, 4.69) is 30.8 Å². The molecule has 2 aromatic heterocycles. The molecule has 1 aliphatic heterocycles. The molecule has 2 N–H and O–H groups in total. The maximum absolute atomic E-state index is 13.4. The number of hydrogen-bond acceptors (Lipinski definition) is 7. The number of pyridine rings is 1. The van der Waals surface area contributed by atoms with Crippen LogP contribution in [0.2, 0.25) is 0 Å². The minimum absolute atomic E-state index is 0.0190. The largest absolute Gasteiger partial charge is 0.403 e. The Labute approximate surface area is 175 Å². The zero-order valence-electron chi connectivity index (χ0n) is 16.0. The SMILES string of the molecule is O=C1Nc2ccccc2C(c2ccccc2)=NC1Nc1nnc(-c2ccnc(F)c2)o1. The molecular weight excluding hydrogens is 399 g/mol. The number of anilines is 2. The number of amides is 1. The van der Waals surface area contributed by atoms with Gasteiger partial charge in [-0.05, 0) is 12.1 Å². The molecule has 0 saturated heterocycles. The van der Waals surface area contributed by atoms with Gasteiger partial charge in [0, 0.05) is 29.0 Å². The van der Waals surface area contributed by atoms with E-state index in [1.54, 1.807) is 6.07 Å². The molecule has 31 heavy (non-hydrogen) atoms. The molecule has 8 nitrogen and oxygen atoms in total. The molecule has 0 spiro atoms. The Hall–Kier alpha value is -4.40. The monoisotopic (exact) mass is 414 g/mol. The van der Waals surface area contributed by atoms with Gasteiger partial charge in [0.15, 0.2) is 0 Å². The molecule has 1 aliphatic rings. The Morgan fingerprint density at radius 1 is 0.968 bits per heavy atom. The lowest BCUT2D eigenvalue weighted by Gasteiger charge is -2.11. The molecule has 0 bridgehead atoms. The number of nitrogens with zero attached hydrogens (tertiary/aromatic N) is 4. The van der Waals surface area contributed by atoms with Crippen molar-refractivity contribution in [3.63, 3.8) is 0 Å². The summed E-state index contributed by atoms with van der Waals surface area (Å²) in [5.41, 5.74) is 3.32. The smallest absolute Gasteiger partial charge is 0.317 e. The molecule has 2 aromatic carbocycles. The summed E-state index contributed by atoms with van der Waals surface area (Å²) in [6, 6.07) is 19.7. The van der Waals surface area contributed by atoms with Crippen molar-refractivity contribution < 1.29 is 13.6 Å². The van der Waals surface area contributed by atoms with Gasteiger partial charge in [-0.25, -0.2) is 9.98 Å². The predicted octanol–water partition coefficient (Wildman–Crippen LogP) is 3.50. The third-order valence-electron chi connectivity index (χ3n) is 4.65. The van der Waals surface area contributed by atoms with Crippen LogP contribution in [0.3, 0.4) is 0 Å². The van der Waals surface area contributed by atoms with Crippen molar-refractivity contribution in [1.29, 1.82) is 0 Å². The Kier molecular flexibility index (Phi) is 4.68. The molecule has 0 saturated carbocycles. The van der Waals surface area contributed by atoms with E-state index in [-0.39, 0.29) is 17.8 Å². The molecule has 4 aromatic rings. The van der Waals surface area contributed by atoms with Gasteiger partial charge in [0.05, 0.1) is 11.4 Å². The van der Waals surface area contributed by atoms with Crippen LogP contribution in [0.5, 0.6) is 0 Å². The lowest BCUT2D eigenvalue weighted by molar-refractivity contribution is -0.116. The highest BCUT2D eigenvalue weighted by atomic mass is 19.1. The van der Waals surface area contributed by atoms with Gasteiger partial charge in [0.2, 0.25) is 18.0 Å². The molecule has 0 fully saturated rings. The Morgan fingerprint density at radius 2 is 1.77 bits per heavy atom. The zero-order chi connectivity index (χ0) is 21.2. The van der Waals surface area contributed by atoms with Crippen LogP contribution in [0.1, 0.15) is 11.1 Å². The molecular formula is C22H15FN6O2. The van der Waals surface area contributed by atoms with Crippen LogP contribution >= 0.6 is 0 Å². The van der Waals surface area contributed by atoms with Crippen LogP contribution in [0.25, 0.3) is 11.5 Å². The highest BCUT2D eigenvalue weighted by molar-refractivity contribution is 6.19. The third-order valence-corrected chi connectivity index (χ3v) is 4.65. The van der Waals surface area contributed by atoms with E-state index in [9.17, 15) is 9.18 Å². The number of benzodiazepines with no additional fused rings is 1. The van der Waals surface area contributed by atoms with Crippen LogP contribution in [-0.4, -0.2) is 33.0 Å². The fraction of sp³-hybridized carbons (Fsp3) is 0.0455. The zero-order valence-corrected chi connectivity index (χ0v) is 16.0. The number of aliphatic imine (C=N–C) groups is 1. The van der Waals surface area contributed by atoms with Gasteiger partial charge in [-0.3, -0.25) is 4.79 Å². The minimum atomic E-state index is -1.02. The molecule has 152 valence electrons. The van der Waals surface area contributed by atoms with Crippen molar-refractivity contribution >= 4 is 23.3 Å². The van der Waals surface area contributed by atoms with Gasteiger partial charge < -0.3 is 15.1 Å².